The molecule has 1 fully saturated rings. The molecule has 7 nitrogen and oxygen atoms in total. The summed E-state index contributed by atoms with van der Waals surface area (Å²) >= 11 is 0. The summed E-state index contributed by atoms with van der Waals surface area (Å²) in [4.78, 5) is 35.7. The Morgan fingerprint density at radius 1 is 1.11 bits per heavy atom. The Morgan fingerprint density at radius 3 is 2.61 bits per heavy atom. The first-order valence-electron chi connectivity index (χ1n) is 9.48. The van der Waals surface area contributed by atoms with Gasteiger partial charge in [-0.1, -0.05) is 6.07 Å². The zero-order valence-electron chi connectivity index (χ0n) is 16.1. The number of carbonyl (C=O) groups excluding carboxylic acids is 2. The summed E-state index contributed by atoms with van der Waals surface area (Å²) in [6.45, 7) is 5.05. The summed E-state index contributed by atoms with van der Waals surface area (Å²) in [5, 5.41) is 2.87. The van der Waals surface area contributed by atoms with Crippen molar-refractivity contribution < 1.29 is 9.59 Å². The Balaban J connectivity index is 1.36. The van der Waals surface area contributed by atoms with Crippen LogP contribution in [0.25, 0.3) is 5.65 Å². The molecule has 7 heteroatoms. The molecule has 0 aliphatic carbocycles. The fraction of sp³-hybridized carbons (Fsp3) is 0.333. The van der Waals surface area contributed by atoms with Gasteiger partial charge in [0.05, 0.1) is 0 Å². The molecule has 0 aromatic carbocycles. The number of amides is 2. The Kier molecular flexibility index (Phi) is 4.81. The van der Waals surface area contributed by atoms with Crippen molar-refractivity contribution in [3.8, 4) is 0 Å². The van der Waals surface area contributed by atoms with Crippen LogP contribution in [0.15, 0.2) is 42.9 Å². The van der Waals surface area contributed by atoms with Gasteiger partial charge in [0.25, 0.3) is 5.91 Å². The number of anilines is 1. The smallest absolute Gasteiger partial charge is 0.274 e. The standard InChI is InChI=1S/C21H23N5O2/c1-14-5-8-26-13-17(23-19(26)11-14)21(28)25-9-6-16(7-10-25)20(27)24-18-4-3-15(2)12-22-18/h3-5,8,11-13,16H,6-7,9-10H2,1-2H3,(H,22,24,27). The molecule has 3 aromatic heterocycles. The molecular weight excluding hydrogens is 354 g/mol. The Hall–Kier alpha value is -3.22. The van der Waals surface area contributed by atoms with Gasteiger partial charge in [-0.2, -0.15) is 0 Å². The van der Waals surface area contributed by atoms with Crippen molar-refractivity contribution in [2.24, 2.45) is 5.92 Å². The molecule has 0 bridgehead atoms. The van der Waals surface area contributed by atoms with E-state index in [9.17, 15) is 9.59 Å². The molecule has 2 amide bonds. The zero-order valence-corrected chi connectivity index (χ0v) is 16.1. The minimum atomic E-state index is -0.115. The lowest BCUT2D eigenvalue weighted by molar-refractivity contribution is -0.121. The van der Waals surface area contributed by atoms with E-state index < -0.39 is 0 Å². The number of hydrogen-bond donors (Lipinski definition) is 1. The maximum Gasteiger partial charge on any atom is 0.274 e. The number of hydrogen-bond acceptors (Lipinski definition) is 4. The number of rotatable bonds is 3. The predicted molar refractivity (Wildman–Crippen MR) is 106 cm³/mol. The monoisotopic (exact) mass is 377 g/mol. The van der Waals surface area contributed by atoms with Gasteiger partial charge < -0.3 is 14.6 Å². The number of likely N-dealkylation sites (tertiary alicyclic amines) is 1. The van der Waals surface area contributed by atoms with Gasteiger partial charge in [0.2, 0.25) is 5.91 Å². The summed E-state index contributed by atoms with van der Waals surface area (Å²) < 4.78 is 1.86. The number of imidazole rings is 1. The Labute approximate surface area is 163 Å². The predicted octanol–water partition coefficient (Wildman–Crippen LogP) is 2.84. The highest BCUT2D eigenvalue weighted by atomic mass is 16.2. The van der Waals surface area contributed by atoms with Crippen molar-refractivity contribution in [2.75, 3.05) is 18.4 Å². The molecule has 1 aliphatic rings. The second-order valence-corrected chi connectivity index (χ2v) is 7.37. The fourth-order valence-corrected chi connectivity index (χ4v) is 3.46. The third-order valence-electron chi connectivity index (χ3n) is 5.15. The van der Waals surface area contributed by atoms with E-state index in [-0.39, 0.29) is 17.7 Å². The Bertz CT molecular complexity index is 1020. The SMILES string of the molecule is Cc1ccc(NC(=O)C2CCN(C(=O)c3cn4ccc(C)cc4n3)CC2)nc1. The number of nitrogens with one attached hydrogen (secondary N) is 1. The van der Waals surface area contributed by atoms with Crippen molar-refractivity contribution in [1.82, 2.24) is 19.3 Å². The minimum Gasteiger partial charge on any atom is -0.337 e. The van der Waals surface area contributed by atoms with Crippen LogP contribution in [0.2, 0.25) is 0 Å². The van der Waals surface area contributed by atoms with E-state index >= 15 is 0 Å². The number of carbonyl (C=O) groups is 2. The van der Waals surface area contributed by atoms with Gasteiger partial charge in [0.1, 0.15) is 17.2 Å². The molecule has 4 rings (SSSR count). The van der Waals surface area contributed by atoms with Crippen molar-refractivity contribution in [3.63, 3.8) is 0 Å². The normalized spacial score (nSPS) is 15.0. The molecule has 0 saturated carbocycles. The number of aromatic nitrogens is 3. The summed E-state index contributed by atoms with van der Waals surface area (Å²) in [6.07, 6.45) is 6.67. The third kappa shape index (κ3) is 3.74. The van der Waals surface area contributed by atoms with Crippen LogP contribution >= 0.6 is 0 Å². The molecule has 0 atom stereocenters. The van der Waals surface area contributed by atoms with Crippen LogP contribution in [-0.4, -0.2) is 44.2 Å². The summed E-state index contributed by atoms with van der Waals surface area (Å²) in [5.41, 5.74) is 3.36. The van der Waals surface area contributed by atoms with Crippen molar-refractivity contribution in [3.05, 3.63) is 59.7 Å². The van der Waals surface area contributed by atoms with Crippen LogP contribution in [0.1, 0.15) is 34.5 Å². The zero-order chi connectivity index (χ0) is 19.7. The lowest BCUT2D eigenvalue weighted by Gasteiger charge is -2.30. The third-order valence-corrected chi connectivity index (χ3v) is 5.15. The molecule has 28 heavy (non-hydrogen) atoms. The highest BCUT2D eigenvalue weighted by Gasteiger charge is 2.29. The first-order chi connectivity index (χ1) is 13.5. The van der Waals surface area contributed by atoms with E-state index in [0.717, 1.165) is 16.8 Å². The molecule has 0 spiro atoms. The van der Waals surface area contributed by atoms with Crippen LogP contribution in [-0.2, 0) is 4.79 Å². The van der Waals surface area contributed by atoms with E-state index in [4.69, 9.17) is 0 Å². The fourth-order valence-electron chi connectivity index (χ4n) is 3.46. The van der Waals surface area contributed by atoms with Crippen molar-refractivity contribution in [2.45, 2.75) is 26.7 Å². The molecule has 0 unspecified atom stereocenters. The Morgan fingerprint density at radius 2 is 1.89 bits per heavy atom. The highest BCUT2D eigenvalue weighted by Crippen LogP contribution is 2.21. The number of piperidine rings is 1. The van der Waals surface area contributed by atoms with Crippen LogP contribution in [0.4, 0.5) is 5.82 Å². The van der Waals surface area contributed by atoms with Gasteiger partial charge in [0.15, 0.2) is 0 Å². The number of pyridine rings is 2. The van der Waals surface area contributed by atoms with E-state index in [0.29, 0.717) is 37.4 Å². The molecule has 4 heterocycles. The topological polar surface area (TPSA) is 79.6 Å². The molecule has 0 radical (unpaired) electrons. The van der Waals surface area contributed by atoms with E-state index in [1.165, 1.54) is 0 Å². The lowest BCUT2D eigenvalue weighted by atomic mass is 9.95. The molecule has 1 aliphatic heterocycles. The largest absolute Gasteiger partial charge is 0.337 e. The van der Waals surface area contributed by atoms with Gasteiger partial charge in [-0.3, -0.25) is 9.59 Å². The number of fused-ring (bicyclic) bond motifs is 1. The van der Waals surface area contributed by atoms with Crippen LogP contribution in [0.5, 0.6) is 0 Å². The van der Waals surface area contributed by atoms with Crippen LogP contribution in [0, 0.1) is 19.8 Å². The van der Waals surface area contributed by atoms with Crippen LogP contribution < -0.4 is 5.32 Å². The summed E-state index contributed by atoms with van der Waals surface area (Å²) in [7, 11) is 0. The second kappa shape index (κ2) is 7.42. The minimum absolute atomic E-state index is 0.0355. The molecule has 1 saturated heterocycles. The maximum atomic E-state index is 12.8. The second-order valence-electron chi connectivity index (χ2n) is 7.37. The molecular formula is C21H23N5O2. The van der Waals surface area contributed by atoms with Gasteiger partial charge in [-0.05, 0) is 56.0 Å². The van der Waals surface area contributed by atoms with Gasteiger partial charge in [-0.25, -0.2) is 9.97 Å². The lowest BCUT2D eigenvalue weighted by Crippen LogP contribution is -2.41. The van der Waals surface area contributed by atoms with Gasteiger partial charge >= 0.3 is 0 Å². The molecule has 1 N–H and O–H groups in total. The van der Waals surface area contributed by atoms with E-state index in [1.54, 1.807) is 23.4 Å². The highest BCUT2D eigenvalue weighted by molar-refractivity contribution is 5.94. The average Bonchev–Trinajstić information content (AvgIpc) is 3.12. The summed E-state index contributed by atoms with van der Waals surface area (Å²) in [5.74, 6) is 0.331. The van der Waals surface area contributed by atoms with Gasteiger partial charge in [0, 0.05) is 37.6 Å². The maximum absolute atomic E-state index is 12.8. The molecule has 144 valence electrons. The van der Waals surface area contributed by atoms with Gasteiger partial charge in [-0.15, -0.1) is 0 Å². The first kappa shape index (κ1) is 18.2. The number of aryl methyl sites for hydroxylation is 2. The quantitative estimate of drug-likeness (QED) is 0.761. The first-order valence-corrected chi connectivity index (χ1v) is 9.48. The van der Waals surface area contributed by atoms with E-state index in [2.05, 4.69) is 15.3 Å². The molecule has 3 aromatic rings. The van der Waals surface area contributed by atoms with Crippen LogP contribution in [0.3, 0.4) is 0 Å². The number of nitrogens with zero attached hydrogens (tertiary/aromatic N) is 4. The van der Waals surface area contributed by atoms with E-state index in [1.807, 2.05) is 42.6 Å². The average molecular weight is 377 g/mol. The van der Waals surface area contributed by atoms with Crippen molar-refractivity contribution in [1.29, 1.82) is 0 Å². The summed E-state index contributed by atoms with van der Waals surface area (Å²) in [6, 6.07) is 7.65. The van der Waals surface area contributed by atoms with Crippen molar-refractivity contribution >= 4 is 23.3 Å².